The molecule has 10 heteroatoms. The third kappa shape index (κ3) is 5.13. The van der Waals surface area contributed by atoms with Gasteiger partial charge in [-0.15, -0.1) is 0 Å². The topological polar surface area (TPSA) is 95.6 Å². The molecule has 7 nitrogen and oxygen atoms in total. The van der Waals surface area contributed by atoms with Gasteiger partial charge >= 0.3 is 0 Å². The van der Waals surface area contributed by atoms with E-state index in [1.165, 1.54) is 22.5 Å². The zero-order valence-electron chi connectivity index (χ0n) is 16.2. The number of benzene rings is 2. The lowest BCUT2D eigenvalue weighted by molar-refractivity contribution is -0.126. The smallest absolute Gasteiger partial charge is 0.243 e. The molecule has 2 aromatic rings. The molecule has 2 aromatic carbocycles. The molecule has 30 heavy (non-hydrogen) atoms. The predicted molar refractivity (Wildman–Crippen MR) is 116 cm³/mol. The van der Waals surface area contributed by atoms with Gasteiger partial charge in [0.1, 0.15) is 6.04 Å². The fourth-order valence-corrected chi connectivity index (χ4v) is 5.32. The molecule has 0 radical (unpaired) electrons. The number of anilines is 1. The van der Waals surface area contributed by atoms with Gasteiger partial charge in [-0.2, -0.15) is 4.31 Å². The second-order valence-corrected chi connectivity index (χ2v) is 9.71. The number of amides is 2. The van der Waals surface area contributed by atoms with Gasteiger partial charge in [0.15, 0.2) is 0 Å². The van der Waals surface area contributed by atoms with E-state index >= 15 is 0 Å². The standard InChI is InChI=1S/C20H21Cl2N3O4S/c1-13-4-7-15(8-5-13)30(28,29)25-10-2-3-18(25)20(27)23-12-19(26)24-17-9-6-14(21)11-16(17)22/h4-9,11,18H,2-3,10,12H2,1H3,(H,23,27)(H,24,26). The Labute approximate surface area is 185 Å². The second kappa shape index (κ2) is 9.34. The van der Waals surface area contributed by atoms with Crippen molar-refractivity contribution in [3.8, 4) is 0 Å². The molecule has 0 saturated carbocycles. The Balaban J connectivity index is 1.63. The van der Waals surface area contributed by atoms with Gasteiger partial charge in [0.25, 0.3) is 0 Å². The van der Waals surface area contributed by atoms with Gasteiger partial charge in [0, 0.05) is 11.6 Å². The maximum absolute atomic E-state index is 12.9. The van der Waals surface area contributed by atoms with Crippen molar-refractivity contribution < 1.29 is 18.0 Å². The predicted octanol–water partition coefficient (Wildman–Crippen LogP) is 3.21. The number of hydrogen-bond donors (Lipinski definition) is 2. The summed E-state index contributed by atoms with van der Waals surface area (Å²) < 4.78 is 27.1. The van der Waals surface area contributed by atoms with E-state index in [4.69, 9.17) is 23.2 Å². The maximum atomic E-state index is 12.9. The van der Waals surface area contributed by atoms with E-state index in [9.17, 15) is 18.0 Å². The minimum Gasteiger partial charge on any atom is -0.346 e. The van der Waals surface area contributed by atoms with Crippen LogP contribution in [-0.4, -0.2) is 43.7 Å². The van der Waals surface area contributed by atoms with Crippen LogP contribution in [0.25, 0.3) is 0 Å². The molecule has 1 aliphatic heterocycles. The van der Waals surface area contributed by atoms with Crippen molar-refractivity contribution in [2.24, 2.45) is 0 Å². The van der Waals surface area contributed by atoms with Crippen LogP contribution in [-0.2, 0) is 19.6 Å². The number of hydrogen-bond acceptors (Lipinski definition) is 4. The van der Waals surface area contributed by atoms with E-state index in [1.54, 1.807) is 24.3 Å². The molecule has 0 aliphatic carbocycles. The Kier molecular flexibility index (Phi) is 7.02. The van der Waals surface area contributed by atoms with Crippen molar-refractivity contribution in [1.29, 1.82) is 0 Å². The number of sulfonamides is 1. The summed E-state index contributed by atoms with van der Waals surface area (Å²) in [5.41, 5.74) is 1.31. The lowest BCUT2D eigenvalue weighted by Gasteiger charge is -2.23. The number of carbonyl (C=O) groups is 2. The molecule has 1 aliphatic rings. The molecule has 3 rings (SSSR count). The van der Waals surface area contributed by atoms with Crippen LogP contribution in [0, 0.1) is 6.92 Å². The van der Waals surface area contributed by atoms with Crippen molar-refractivity contribution in [2.45, 2.75) is 30.7 Å². The summed E-state index contributed by atoms with van der Waals surface area (Å²) in [5.74, 6) is -1.00. The average molecular weight is 470 g/mol. The first-order valence-electron chi connectivity index (χ1n) is 9.29. The molecular formula is C20H21Cl2N3O4S. The third-order valence-electron chi connectivity index (χ3n) is 4.76. The van der Waals surface area contributed by atoms with Crippen LogP contribution in [0.2, 0.25) is 10.0 Å². The lowest BCUT2D eigenvalue weighted by atomic mass is 10.2. The molecule has 1 unspecified atom stereocenters. The number of nitrogens with zero attached hydrogens (tertiary/aromatic N) is 1. The zero-order valence-corrected chi connectivity index (χ0v) is 18.5. The van der Waals surface area contributed by atoms with Gasteiger partial charge in [-0.25, -0.2) is 8.42 Å². The Bertz CT molecular complexity index is 1060. The summed E-state index contributed by atoms with van der Waals surface area (Å²) in [6.07, 6.45) is 0.956. The highest BCUT2D eigenvalue weighted by Crippen LogP contribution is 2.27. The lowest BCUT2D eigenvalue weighted by Crippen LogP contribution is -2.47. The van der Waals surface area contributed by atoms with E-state index < -0.39 is 27.9 Å². The molecule has 2 amide bonds. The summed E-state index contributed by atoms with van der Waals surface area (Å²) in [7, 11) is -3.80. The van der Waals surface area contributed by atoms with Gasteiger partial charge in [-0.3, -0.25) is 9.59 Å². The second-order valence-electron chi connectivity index (χ2n) is 6.98. The highest BCUT2D eigenvalue weighted by atomic mass is 35.5. The molecule has 1 fully saturated rings. The van der Waals surface area contributed by atoms with E-state index in [0.717, 1.165) is 5.56 Å². The van der Waals surface area contributed by atoms with Crippen LogP contribution in [0.4, 0.5) is 5.69 Å². The Morgan fingerprint density at radius 3 is 2.50 bits per heavy atom. The Morgan fingerprint density at radius 2 is 1.83 bits per heavy atom. The molecule has 1 saturated heterocycles. The molecule has 160 valence electrons. The van der Waals surface area contributed by atoms with Gasteiger partial charge in [-0.1, -0.05) is 40.9 Å². The highest BCUT2D eigenvalue weighted by Gasteiger charge is 2.39. The van der Waals surface area contributed by atoms with Crippen LogP contribution in [0.15, 0.2) is 47.4 Å². The number of halogens is 2. The van der Waals surface area contributed by atoms with Crippen LogP contribution in [0.3, 0.4) is 0 Å². The van der Waals surface area contributed by atoms with Crippen molar-refractivity contribution in [3.05, 3.63) is 58.1 Å². The van der Waals surface area contributed by atoms with Crippen LogP contribution < -0.4 is 10.6 Å². The first kappa shape index (κ1) is 22.6. The Morgan fingerprint density at radius 1 is 1.13 bits per heavy atom. The third-order valence-corrected chi connectivity index (χ3v) is 7.23. The Hall–Kier alpha value is -2.13. The number of carbonyl (C=O) groups excluding carboxylic acids is 2. The van der Waals surface area contributed by atoms with Gasteiger partial charge < -0.3 is 10.6 Å². The van der Waals surface area contributed by atoms with Crippen molar-refractivity contribution in [3.63, 3.8) is 0 Å². The monoisotopic (exact) mass is 469 g/mol. The van der Waals surface area contributed by atoms with Crippen LogP contribution >= 0.6 is 23.2 Å². The largest absolute Gasteiger partial charge is 0.346 e. The van der Waals surface area contributed by atoms with E-state index in [-0.39, 0.29) is 23.0 Å². The summed E-state index contributed by atoms with van der Waals surface area (Å²) in [6.45, 7) is 1.80. The SMILES string of the molecule is Cc1ccc(S(=O)(=O)N2CCCC2C(=O)NCC(=O)Nc2ccc(Cl)cc2Cl)cc1. The molecule has 1 heterocycles. The zero-order chi connectivity index (χ0) is 21.9. The fourth-order valence-electron chi connectivity index (χ4n) is 3.21. The minimum absolute atomic E-state index is 0.142. The van der Waals surface area contributed by atoms with Crippen molar-refractivity contribution in [1.82, 2.24) is 9.62 Å². The van der Waals surface area contributed by atoms with E-state index in [0.29, 0.717) is 23.6 Å². The summed E-state index contributed by atoms with van der Waals surface area (Å²) in [6, 6.07) is 10.2. The molecule has 1 atom stereocenters. The molecule has 0 aromatic heterocycles. The number of nitrogens with one attached hydrogen (secondary N) is 2. The summed E-state index contributed by atoms with van der Waals surface area (Å²) in [5, 5.41) is 5.80. The molecule has 0 bridgehead atoms. The molecule has 0 spiro atoms. The van der Waals surface area contributed by atoms with E-state index in [2.05, 4.69) is 10.6 Å². The number of aryl methyl sites for hydroxylation is 1. The maximum Gasteiger partial charge on any atom is 0.243 e. The highest BCUT2D eigenvalue weighted by molar-refractivity contribution is 7.89. The minimum atomic E-state index is -3.80. The quantitative estimate of drug-likeness (QED) is 0.678. The normalized spacial score (nSPS) is 17.0. The summed E-state index contributed by atoms with van der Waals surface area (Å²) in [4.78, 5) is 24.9. The van der Waals surface area contributed by atoms with Gasteiger partial charge in [0.2, 0.25) is 21.8 Å². The average Bonchev–Trinajstić information content (AvgIpc) is 3.19. The number of rotatable bonds is 6. The first-order chi connectivity index (χ1) is 14.2. The van der Waals surface area contributed by atoms with Crippen LogP contribution in [0.5, 0.6) is 0 Å². The van der Waals surface area contributed by atoms with Gasteiger partial charge in [-0.05, 0) is 50.1 Å². The first-order valence-corrected chi connectivity index (χ1v) is 11.5. The van der Waals surface area contributed by atoms with Crippen molar-refractivity contribution >= 4 is 50.7 Å². The molecule has 2 N–H and O–H groups in total. The van der Waals surface area contributed by atoms with Gasteiger partial charge in [0.05, 0.1) is 22.2 Å². The van der Waals surface area contributed by atoms with Crippen LogP contribution in [0.1, 0.15) is 18.4 Å². The fraction of sp³-hybridized carbons (Fsp3) is 0.300. The van der Waals surface area contributed by atoms with Crippen molar-refractivity contribution in [2.75, 3.05) is 18.4 Å². The summed E-state index contributed by atoms with van der Waals surface area (Å²) >= 11 is 11.8. The van der Waals surface area contributed by atoms with E-state index in [1.807, 2.05) is 6.92 Å². The molecular weight excluding hydrogens is 449 g/mol.